The van der Waals surface area contributed by atoms with Crippen LogP contribution in [0.5, 0.6) is 0 Å². The zero-order valence-electron chi connectivity index (χ0n) is 9.23. The molecule has 1 aromatic carbocycles. The second kappa shape index (κ2) is 5.74. The molecule has 0 aromatic heterocycles. The van der Waals surface area contributed by atoms with E-state index in [-0.39, 0.29) is 18.9 Å². The molecule has 0 heterocycles. The van der Waals surface area contributed by atoms with Crippen molar-refractivity contribution in [2.45, 2.75) is 6.42 Å². The maximum Gasteiger partial charge on any atom is 0.225 e. The number of benzene rings is 1. The van der Waals surface area contributed by atoms with Gasteiger partial charge in [-0.3, -0.25) is 4.79 Å². The smallest absolute Gasteiger partial charge is 0.225 e. The van der Waals surface area contributed by atoms with Gasteiger partial charge in [-0.15, -0.1) is 0 Å². The number of carbonyl (C=O) groups is 1. The van der Waals surface area contributed by atoms with Gasteiger partial charge in [-0.2, -0.15) is 0 Å². The van der Waals surface area contributed by atoms with E-state index in [1.807, 2.05) is 0 Å². The minimum atomic E-state index is -3.29. The number of anilines is 1. The number of amides is 1. The third-order valence-electron chi connectivity index (χ3n) is 1.82. The predicted molar refractivity (Wildman–Crippen MR) is 62.5 cm³/mol. The van der Waals surface area contributed by atoms with Crippen LogP contribution in [0.1, 0.15) is 6.42 Å². The van der Waals surface area contributed by atoms with E-state index in [1.165, 1.54) is 18.2 Å². The van der Waals surface area contributed by atoms with Crippen molar-refractivity contribution >= 4 is 21.6 Å². The summed E-state index contributed by atoms with van der Waals surface area (Å²) in [6.07, 6.45) is 1.00. The van der Waals surface area contributed by atoms with Crippen LogP contribution >= 0.6 is 0 Å². The van der Waals surface area contributed by atoms with Crippen molar-refractivity contribution in [3.05, 3.63) is 30.1 Å². The summed E-state index contributed by atoms with van der Waals surface area (Å²) in [6, 6.07) is 5.47. The van der Waals surface area contributed by atoms with Crippen LogP contribution in [0, 0.1) is 5.82 Å². The van der Waals surface area contributed by atoms with Gasteiger partial charge in [-0.05, 0) is 18.2 Å². The molecule has 17 heavy (non-hydrogen) atoms. The van der Waals surface area contributed by atoms with Gasteiger partial charge in [0.25, 0.3) is 0 Å². The van der Waals surface area contributed by atoms with Gasteiger partial charge in [-0.1, -0.05) is 6.07 Å². The molecule has 7 heteroatoms. The van der Waals surface area contributed by atoms with Crippen molar-refractivity contribution in [2.75, 3.05) is 18.1 Å². The van der Waals surface area contributed by atoms with Crippen LogP contribution in [0.4, 0.5) is 10.1 Å². The molecule has 0 saturated heterocycles. The van der Waals surface area contributed by atoms with Crippen LogP contribution in [0.2, 0.25) is 0 Å². The van der Waals surface area contributed by atoms with Gasteiger partial charge < -0.3 is 5.32 Å². The van der Waals surface area contributed by atoms with E-state index in [2.05, 4.69) is 10.0 Å². The first-order valence-corrected chi connectivity index (χ1v) is 6.76. The quantitative estimate of drug-likeness (QED) is 0.818. The van der Waals surface area contributed by atoms with Crippen LogP contribution in [0.25, 0.3) is 0 Å². The molecule has 0 aliphatic heterocycles. The van der Waals surface area contributed by atoms with Gasteiger partial charge in [-0.25, -0.2) is 17.5 Å². The summed E-state index contributed by atoms with van der Waals surface area (Å²) in [5.74, 6) is -0.830. The highest BCUT2D eigenvalue weighted by Crippen LogP contribution is 2.08. The van der Waals surface area contributed by atoms with Crippen molar-refractivity contribution in [3.8, 4) is 0 Å². The molecular weight excluding hydrogens is 247 g/mol. The normalized spacial score (nSPS) is 11.2. The average molecular weight is 260 g/mol. The number of carbonyl (C=O) groups excluding carboxylic acids is 1. The zero-order valence-corrected chi connectivity index (χ0v) is 10.1. The van der Waals surface area contributed by atoms with Gasteiger partial charge >= 0.3 is 0 Å². The fourth-order valence-corrected chi connectivity index (χ4v) is 1.61. The second-order valence-corrected chi connectivity index (χ2v) is 5.31. The lowest BCUT2D eigenvalue weighted by Crippen LogP contribution is -2.26. The molecule has 0 bridgehead atoms. The lowest BCUT2D eigenvalue weighted by atomic mass is 10.3. The summed E-state index contributed by atoms with van der Waals surface area (Å²) >= 11 is 0. The van der Waals surface area contributed by atoms with Crippen molar-refractivity contribution in [1.82, 2.24) is 4.72 Å². The van der Waals surface area contributed by atoms with E-state index in [4.69, 9.17) is 0 Å². The Bertz CT molecular complexity index is 502. The van der Waals surface area contributed by atoms with Crippen molar-refractivity contribution in [3.63, 3.8) is 0 Å². The van der Waals surface area contributed by atoms with Crippen molar-refractivity contribution in [2.24, 2.45) is 0 Å². The fraction of sp³-hybridized carbons (Fsp3) is 0.300. The summed E-state index contributed by atoms with van der Waals surface area (Å²) in [7, 11) is -3.29. The van der Waals surface area contributed by atoms with Crippen LogP contribution in [-0.4, -0.2) is 27.1 Å². The number of rotatable bonds is 5. The molecule has 2 N–H and O–H groups in total. The van der Waals surface area contributed by atoms with Gasteiger partial charge in [0.05, 0.1) is 6.26 Å². The number of nitrogens with one attached hydrogen (secondary N) is 2. The molecule has 0 atom stereocenters. The van der Waals surface area contributed by atoms with Crippen molar-refractivity contribution < 1.29 is 17.6 Å². The van der Waals surface area contributed by atoms with E-state index in [0.29, 0.717) is 5.69 Å². The Hall–Kier alpha value is -1.47. The Morgan fingerprint density at radius 3 is 2.71 bits per heavy atom. The summed E-state index contributed by atoms with van der Waals surface area (Å²) in [5.41, 5.74) is 0.342. The monoisotopic (exact) mass is 260 g/mol. The Balaban J connectivity index is 2.40. The number of halogens is 1. The molecule has 0 radical (unpaired) electrons. The Morgan fingerprint density at radius 1 is 1.41 bits per heavy atom. The van der Waals surface area contributed by atoms with E-state index in [9.17, 15) is 17.6 Å². The maximum atomic E-state index is 12.8. The van der Waals surface area contributed by atoms with E-state index in [1.54, 1.807) is 6.07 Å². The highest BCUT2D eigenvalue weighted by Gasteiger charge is 2.05. The average Bonchev–Trinajstić information content (AvgIpc) is 2.15. The molecule has 0 aliphatic carbocycles. The number of sulfonamides is 1. The maximum absolute atomic E-state index is 12.8. The SMILES string of the molecule is CS(=O)(=O)NCCC(=O)Nc1cccc(F)c1. The predicted octanol–water partition coefficient (Wildman–Crippen LogP) is 0.703. The Labute approximate surface area is 99.1 Å². The number of hydrogen-bond acceptors (Lipinski definition) is 3. The largest absolute Gasteiger partial charge is 0.326 e. The second-order valence-electron chi connectivity index (χ2n) is 3.48. The zero-order chi connectivity index (χ0) is 12.9. The third kappa shape index (κ3) is 5.98. The fourth-order valence-electron chi connectivity index (χ4n) is 1.14. The summed E-state index contributed by atoms with van der Waals surface area (Å²) < 4.78 is 36.4. The first-order valence-electron chi connectivity index (χ1n) is 4.87. The van der Waals surface area contributed by atoms with E-state index < -0.39 is 15.8 Å². The lowest BCUT2D eigenvalue weighted by molar-refractivity contribution is -0.116. The summed E-state index contributed by atoms with van der Waals surface area (Å²) in [5, 5.41) is 2.46. The molecular formula is C10H13FN2O3S. The van der Waals surface area contributed by atoms with Crippen LogP contribution in [0.3, 0.4) is 0 Å². The molecule has 1 aromatic rings. The minimum Gasteiger partial charge on any atom is -0.326 e. The first-order chi connectivity index (χ1) is 7.87. The summed E-state index contributed by atoms with van der Waals surface area (Å²) in [4.78, 5) is 11.3. The standard InChI is InChI=1S/C10H13FN2O3S/c1-17(15,16)12-6-5-10(14)13-9-4-2-3-8(11)7-9/h2-4,7,12H,5-6H2,1H3,(H,13,14). The molecule has 1 rings (SSSR count). The van der Waals surface area contributed by atoms with Crippen molar-refractivity contribution in [1.29, 1.82) is 0 Å². The summed E-state index contributed by atoms with van der Waals surface area (Å²) in [6.45, 7) is 0.0139. The molecule has 94 valence electrons. The van der Waals surface area contributed by atoms with Crippen LogP contribution in [-0.2, 0) is 14.8 Å². The van der Waals surface area contributed by atoms with Crippen LogP contribution in [0.15, 0.2) is 24.3 Å². The minimum absolute atomic E-state index is 0.0103. The van der Waals surface area contributed by atoms with Gasteiger partial charge in [0, 0.05) is 18.7 Å². The number of hydrogen-bond donors (Lipinski definition) is 2. The molecule has 0 unspecified atom stereocenters. The van der Waals surface area contributed by atoms with Gasteiger partial charge in [0.2, 0.25) is 15.9 Å². The van der Waals surface area contributed by atoms with Gasteiger partial charge in [0.1, 0.15) is 5.82 Å². The van der Waals surface area contributed by atoms with Crippen LogP contribution < -0.4 is 10.0 Å². The molecule has 0 saturated carbocycles. The Morgan fingerprint density at radius 2 is 2.12 bits per heavy atom. The Kier molecular flexibility index (Phi) is 4.59. The lowest BCUT2D eigenvalue weighted by Gasteiger charge is -2.05. The van der Waals surface area contributed by atoms with E-state index in [0.717, 1.165) is 6.26 Å². The highest BCUT2D eigenvalue weighted by atomic mass is 32.2. The molecule has 0 spiro atoms. The topological polar surface area (TPSA) is 75.3 Å². The molecule has 1 amide bonds. The molecule has 0 fully saturated rings. The van der Waals surface area contributed by atoms with E-state index >= 15 is 0 Å². The molecule has 5 nitrogen and oxygen atoms in total. The first kappa shape index (κ1) is 13.6. The highest BCUT2D eigenvalue weighted by molar-refractivity contribution is 7.88. The molecule has 0 aliphatic rings. The van der Waals surface area contributed by atoms with Gasteiger partial charge in [0.15, 0.2) is 0 Å². The third-order valence-corrected chi connectivity index (χ3v) is 2.55.